The summed E-state index contributed by atoms with van der Waals surface area (Å²) < 4.78 is 0. The lowest BCUT2D eigenvalue weighted by Gasteiger charge is -2.13. The van der Waals surface area contributed by atoms with Crippen molar-refractivity contribution in [3.05, 3.63) is 82.9 Å². The number of rotatable bonds is 1. The zero-order chi connectivity index (χ0) is 19.7. The van der Waals surface area contributed by atoms with Gasteiger partial charge in [0, 0.05) is 22.3 Å². The average Bonchev–Trinajstić information content (AvgIpc) is 2.76. The summed E-state index contributed by atoms with van der Waals surface area (Å²) in [4.78, 5) is 0. The van der Waals surface area contributed by atoms with Gasteiger partial charge in [0.15, 0.2) is 0 Å². The second kappa shape index (κ2) is 6.75. The molecule has 0 aliphatic heterocycles. The standard InChI is InChI=1S/C28H14/c1-5-19-15-21(7-3)23-11-9-13-25(27(23)17-19)26-14-10-12-24-22(8-4)16-20(6-2)18-28(24)26/h1-4,9-18H. The minimum Gasteiger partial charge on any atom is -0.115 e. The summed E-state index contributed by atoms with van der Waals surface area (Å²) in [6.45, 7) is 0. The van der Waals surface area contributed by atoms with Crippen LogP contribution in [0.5, 0.6) is 0 Å². The van der Waals surface area contributed by atoms with Crippen molar-refractivity contribution >= 4 is 21.5 Å². The Morgan fingerprint density at radius 3 is 1.25 bits per heavy atom. The molecule has 0 bridgehead atoms. The molecule has 4 rings (SSSR count). The summed E-state index contributed by atoms with van der Waals surface area (Å²) in [7, 11) is 0. The van der Waals surface area contributed by atoms with E-state index >= 15 is 0 Å². The molecular weight excluding hydrogens is 336 g/mol. The molecule has 0 nitrogen and oxygen atoms in total. The quantitative estimate of drug-likeness (QED) is 0.393. The maximum absolute atomic E-state index is 5.73. The highest BCUT2D eigenvalue weighted by Gasteiger charge is 2.12. The lowest BCUT2D eigenvalue weighted by molar-refractivity contribution is 1.62. The Morgan fingerprint density at radius 1 is 0.464 bits per heavy atom. The Morgan fingerprint density at radius 2 is 0.893 bits per heavy atom. The third-order valence-electron chi connectivity index (χ3n) is 4.93. The fraction of sp³-hybridized carbons (Fsp3) is 0. The van der Waals surface area contributed by atoms with Gasteiger partial charge in [0.05, 0.1) is 0 Å². The lowest BCUT2D eigenvalue weighted by Crippen LogP contribution is -1.90. The van der Waals surface area contributed by atoms with Gasteiger partial charge in [-0.25, -0.2) is 0 Å². The number of benzene rings is 4. The van der Waals surface area contributed by atoms with Crippen molar-refractivity contribution in [3.8, 4) is 60.5 Å². The van der Waals surface area contributed by atoms with E-state index in [2.05, 4.69) is 35.8 Å². The Hall–Kier alpha value is -4.36. The second-order valence-electron chi connectivity index (χ2n) is 6.43. The van der Waals surface area contributed by atoms with E-state index in [-0.39, 0.29) is 0 Å². The van der Waals surface area contributed by atoms with E-state index in [0.717, 1.165) is 54.9 Å². The van der Waals surface area contributed by atoms with Crippen LogP contribution >= 0.6 is 0 Å². The molecule has 126 valence electrons. The van der Waals surface area contributed by atoms with Crippen molar-refractivity contribution in [1.82, 2.24) is 0 Å². The largest absolute Gasteiger partial charge is 0.115 e. The average molecular weight is 350 g/mol. The van der Waals surface area contributed by atoms with Crippen LogP contribution in [0, 0.1) is 49.4 Å². The first-order chi connectivity index (χ1) is 13.7. The van der Waals surface area contributed by atoms with Crippen molar-refractivity contribution in [2.24, 2.45) is 0 Å². The van der Waals surface area contributed by atoms with Crippen LogP contribution in [0.2, 0.25) is 0 Å². The van der Waals surface area contributed by atoms with Gasteiger partial charge in [0.2, 0.25) is 0 Å². The van der Waals surface area contributed by atoms with Crippen LogP contribution in [0.3, 0.4) is 0 Å². The Bertz CT molecular complexity index is 1320. The smallest absolute Gasteiger partial charge is 0.0333 e. The van der Waals surface area contributed by atoms with Gasteiger partial charge in [0.25, 0.3) is 0 Å². The van der Waals surface area contributed by atoms with E-state index < -0.39 is 0 Å². The molecule has 0 fully saturated rings. The van der Waals surface area contributed by atoms with Crippen LogP contribution in [0.15, 0.2) is 60.7 Å². The predicted molar refractivity (Wildman–Crippen MR) is 119 cm³/mol. The molecule has 0 unspecified atom stereocenters. The van der Waals surface area contributed by atoms with Gasteiger partial charge in [0.1, 0.15) is 0 Å². The molecule has 0 aromatic heterocycles. The monoisotopic (exact) mass is 350 g/mol. The second-order valence-corrected chi connectivity index (χ2v) is 6.43. The first-order valence-electron chi connectivity index (χ1n) is 8.70. The summed E-state index contributed by atoms with van der Waals surface area (Å²) in [5, 5.41) is 3.99. The van der Waals surface area contributed by atoms with Crippen LogP contribution in [-0.2, 0) is 0 Å². The van der Waals surface area contributed by atoms with Crippen molar-refractivity contribution in [2.75, 3.05) is 0 Å². The maximum Gasteiger partial charge on any atom is 0.0333 e. The molecule has 0 heterocycles. The highest BCUT2D eigenvalue weighted by molar-refractivity contribution is 6.08. The van der Waals surface area contributed by atoms with Gasteiger partial charge in [-0.2, -0.15) is 0 Å². The van der Waals surface area contributed by atoms with E-state index in [1.165, 1.54) is 0 Å². The van der Waals surface area contributed by atoms with Gasteiger partial charge in [-0.15, -0.1) is 25.7 Å². The van der Waals surface area contributed by atoms with E-state index in [4.69, 9.17) is 25.7 Å². The molecule has 0 saturated carbocycles. The first kappa shape index (κ1) is 17.1. The number of hydrogen-bond acceptors (Lipinski definition) is 0. The van der Waals surface area contributed by atoms with Crippen LogP contribution in [-0.4, -0.2) is 0 Å². The van der Waals surface area contributed by atoms with Gasteiger partial charge < -0.3 is 0 Å². The molecule has 0 amide bonds. The van der Waals surface area contributed by atoms with E-state index in [1.807, 2.05) is 48.5 Å². The summed E-state index contributed by atoms with van der Waals surface area (Å²) >= 11 is 0. The van der Waals surface area contributed by atoms with Crippen LogP contribution in [0.1, 0.15) is 22.3 Å². The summed E-state index contributed by atoms with van der Waals surface area (Å²) in [5.74, 6) is 10.9. The third kappa shape index (κ3) is 2.59. The van der Waals surface area contributed by atoms with E-state index in [0.29, 0.717) is 0 Å². The molecule has 0 aliphatic carbocycles. The highest BCUT2D eigenvalue weighted by Crippen LogP contribution is 2.36. The molecule has 0 spiro atoms. The Labute approximate surface area is 165 Å². The topological polar surface area (TPSA) is 0 Å². The van der Waals surface area contributed by atoms with Crippen LogP contribution < -0.4 is 0 Å². The minimum absolute atomic E-state index is 0.752. The van der Waals surface area contributed by atoms with Gasteiger partial charge in [-0.1, -0.05) is 60.1 Å². The minimum atomic E-state index is 0.752. The zero-order valence-corrected chi connectivity index (χ0v) is 15.1. The summed E-state index contributed by atoms with van der Waals surface area (Å²) in [6, 6.07) is 19.9. The fourth-order valence-corrected chi connectivity index (χ4v) is 3.65. The molecule has 28 heavy (non-hydrogen) atoms. The van der Waals surface area contributed by atoms with Gasteiger partial charge in [-0.05, 0) is 56.9 Å². The Balaban J connectivity index is 2.17. The van der Waals surface area contributed by atoms with E-state index in [9.17, 15) is 0 Å². The van der Waals surface area contributed by atoms with Crippen LogP contribution in [0.25, 0.3) is 32.7 Å². The van der Waals surface area contributed by atoms with Crippen molar-refractivity contribution in [1.29, 1.82) is 0 Å². The molecular formula is C28H14. The molecule has 0 aliphatic rings. The molecule has 4 aromatic rings. The lowest BCUT2D eigenvalue weighted by atomic mass is 9.89. The highest BCUT2D eigenvalue weighted by atomic mass is 14.1. The molecule has 0 N–H and O–H groups in total. The summed E-state index contributed by atoms with van der Waals surface area (Å²) in [6.07, 6.45) is 22.8. The summed E-state index contributed by atoms with van der Waals surface area (Å²) in [5.41, 5.74) is 5.13. The number of fused-ring (bicyclic) bond motifs is 2. The first-order valence-corrected chi connectivity index (χ1v) is 8.70. The van der Waals surface area contributed by atoms with Crippen molar-refractivity contribution in [2.45, 2.75) is 0 Å². The molecule has 0 heteroatoms. The van der Waals surface area contributed by atoms with Crippen molar-refractivity contribution < 1.29 is 0 Å². The normalized spacial score (nSPS) is 10.0. The third-order valence-corrected chi connectivity index (χ3v) is 4.93. The SMILES string of the molecule is C#Cc1cc(C#C)c2cccc(-c3cccc4c(C#C)cc(C#C)cc34)c2c1. The van der Waals surface area contributed by atoms with Crippen molar-refractivity contribution in [3.63, 3.8) is 0 Å². The van der Waals surface area contributed by atoms with Gasteiger partial charge in [-0.3, -0.25) is 0 Å². The molecule has 0 radical (unpaired) electrons. The van der Waals surface area contributed by atoms with E-state index in [1.54, 1.807) is 0 Å². The Kier molecular flexibility index (Phi) is 4.11. The molecule has 0 atom stereocenters. The number of hydrogen-bond donors (Lipinski definition) is 0. The number of terminal acetylenes is 4. The molecule has 0 saturated heterocycles. The van der Waals surface area contributed by atoms with Crippen LogP contribution in [0.4, 0.5) is 0 Å². The van der Waals surface area contributed by atoms with Gasteiger partial charge >= 0.3 is 0 Å². The maximum atomic E-state index is 5.73. The zero-order valence-electron chi connectivity index (χ0n) is 15.1. The fourth-order valence-electron chi connectivity index (χ4n) is 3.65. The molecule has 4 aromatic carbocycles. The predicted octanol–water partition coefficient (Wildman–Crippen LogP) is 5.59.